The molecule has 1 unspecified atom stereocenters. The van der Waals surface area contributed by atoms with Gasteiger partial charge in [0.1, 0.15) is 10.9 Å². The van der Waals surface area contributed by atoms with Crippen LogP contribution in [0.2, 0.25) is 0 Å². The summed E-state index contributed by atoms with van der Waals surface area (Å²) in [5.41, 5.74) is 0.804. The maximum Gasteiger partial charge on any atom is 0.263 e. The molecule has 0 aromatic carbocycles. The summed E-state index contributed by atoms with van der Waals surface area (Å²) in [5.74, 6) is -0.0268. The Kier molecular flexibility index (Phi) is 3.17. The van der Waals surface area contributed by atoms with Crippen molar-refractivity contribution >= 4 is 27.5 Å². The first-order valence-corrected chi connectivity index (χ1v) is 7.36. The van der Waals surface area contributed by atoms with Gasteiger partial charge >= 0.3 is 0 Å². The van der Waals surface area contributed by atoms with Crippen LogP contribution < -0.4 is 5.56 Å². The minimum Gasteiger partial charge on any atom is -0.337 e. The second-order valence-electron chi connectivity index (χ2n) is 4.93. The predicted molar refractivity (Wildman–Crippen MR) is 79.0 cm³/mol. The maximum absolute atomic E-state index is 12.5. The maximum atomic E-state index is 12.5. The highest BCUT2D eigenvalue weighted by Gasteiger charge is 2.33. The van der Waals surface area contributed by atoms with Crippen LogP contribution in [-0.2, 0) is 4.79 Å². The first-order chi connectivity index (χ1) is 9.63. The zero-order valence-electron chi connectivity index (χ0n) is 11.2. The van der Waals surface area contributed by atoms with Crippen molar-refractivity contribution in [2.75, 3.05) is 13.1 Å². The van der Waals surface area contributed by atoms with E-state index in [1.807, 2.05) is 12.3 Å². The molecule has 1 aliphatic rings. The lowest BCUT2D eigenvalue weighted by molar-refractivity contribution is -0.130. The zero-order chi connectivity index (χ0) is 14.3. The molecule has 0 spiro atoms. The summed E-state index contributed by atoms with van der Waals surface area (Å²) in [4.78, 5) is 31.6. The molecule has 3 heterocycles. The van der Waals surface area contributed by atoms with Crippen molar-refractivity contribution in [2.45, 2.75) is 19.4 Å². The molecule has 0 saturated carbocycles. The Labute approximate surface area is 120 Å². The zero-order valence-corrected chi connectivity index (χ0v) is 12.0. The van der Waals surface area contributed by atoms with Crippen LogP contribution in [0.1, 0.15) is 18.0 Å². The standard InChI is InChI=1S/C14H15N3O2S/c1-3-5-16-6-4-10(13(16)18)17-8-15-12-11(14(17)19)9(2)7-20-12/h3,7-8,10H,1,4-6H2,2H3. The van der Waals surface area contributed by atoms with Crippen molar-refractivity contribution in [3.63, 3.8) is 0 Å². The first kappa shape index (κ1) is 13.1. The number of likely N-dealkylation sites (tertiary alicyclic amines) is 1. The van der Waals surface area contributed by atoms with E-state index in [2.05, 4.69) is 11.6 Å². The molecule has 0 N–H and O–H groups in total. The molecule has 0 radical (unpaired) electrons. The summed E-state index contributed by atoms with van der Waals surface area (Å²) in [6.07, 6.45) is 3.84. The molecule has 0 aliphatic carbocycles. The van der Waals surface area contributed by atoms with Crippen molar-refractivity contribution in [1.82, 2.24) is 14.5 Å². The van der Waals surface area contributed by atoms with E-state index in [1.165, 1.54) is 22.2 Å². The van der Waals surface area contributed by atoms with Gasteiger partial charge in [0, 0.05) is 13.1 Å². The van der Waals surface area contributed by atoms with Gasteiger partial charge in [0.15, 0.2) is 0 Å². The molecule has 2 aromatic rings. The van der Waals surface area contributed by atoms with Crippen LogP contribution in [0.4, 0.5) is 0 Å². The lowest BCUT2D eigenvalue weighted by Gasteiger charge is -2.15. The number of nitrogens with zero attached hydrogens (tertiary/aromatic N) is 3. The van der Waals surface area contributed by atoms with E-state index < -0.39 is 6.04 Å². The van der Waals surface area contributed by atoms with Gasteiger partial charge in [0.2, 0.25) is 5.91 Å². The average molecular weight is 289 g/mol. The predicted octanol–water partition coefficient (Wildman–Crippen LogP) is 1.73. The molecule has 3 rings (SSSR count). The Balaban J connectivity index is 2.05. The van der Waals surface area contributed by atoms with E-state index in [4.69, 9.17) is 0 Å². The quantitative estimate of drug-likeness (QED) is 0.809. The highest BCUT2D eigenvalue weighted by atomic mass is 32.1. The van der Waals surface area contributed by atoms with Crippen molar-refractivity contribution in [2.24, 2.45) is 0 Å². The van der Waals surface area contributed by atoms with E-state index >= 15 is 0 Å². The monoisotopic (exact) mass is 289 g/mol. The summed E-state index contributed by atoms with van der Waals surface area (Å²) >= 11 is 1.46. The topological polar surface area (TPSA) is 55.2 Å². The van der Waals surface area contributed by atoms with Crippen LogP contribution in [0, 0.1) is 6.92 Å². The highest BCUT2D eigenvalue weighted by Crippen LogP contribution is 2.24. The van der Waals surface area contributed by atoms with Gasteiger partial charge in [-0.1, -0.05) is 6.08 Å². The van der Waals surface area contributed by atoms with Crippen LogP contribution in [0.15, 0.2) is 29.2 Å². The molecular formula is C14H15N3O2S. The van der Waals surface area contributed by atoms with Crippen LogP contribution in [0.5, 0.6) is 0 Å². The van der Waals surface area contributed by atoms with Crippen molar-refractivity contribution < 1.29 is 4.79 Å². The SMILES string of the molecule is C=CCN1CCC(n2cnc3scc(C)c3c2=O)C1=O. The Hall–Kier alpha value is -1.95. The van der Waals surface area contributed by atoms with Gasteiger partial charge < -0.3 is 4.90 Å². The fraction of sp³-hybridized carbons (Fsp3) is 0.357. The largest absolute Gasteiger partial charge is 0.337 e. The molecule has 1 fully saturated rings. The molecule has 1 atom stereocenters. The fourth-order valence-corrected chi connectivity index (χ4v) is 3.50. The second kappa shape index (κ2) is 4.86. The van der Waals surface area contributed by atoms with Crippen LogP contribution in [-0.4, -0.2) is 33.4 Å². The number of hydrogen-bond donors (Lipinski definition) is 0. The molecule has 104 valence electrons. The number of rotatable bonds is 3. The van der Waals surface area contributed by atoms with E-state index in [0.29, 0.717) is 24.9 Å². The average Bonchev–Trinajstić information content (AvgIpc) is 2.97. The number of hydrogen-bond acceptors (Lipinski definition) is 4. The highest BCUT2D eigenvalue weighted by molar-refractivity contribution is 7.16. The third-order valence-electron chi connectivity index (χ3n) is 3.66. The van der Waals surface area contributed by atoms with Gasteiger partial charge in [0.05, 0.1) is 11.7 Å². The minimum absolute atomic E-state index is 0.0268. The molecule has 6 heteroatoms. The Morgan fingerprint density at radius 1 is 1.55 bits per heavy atom. The van der Waals surface area contributed by atoms with Gasteiger partial charge in [0.25, 0.3) is 5.56 Å². The van der Waals surface area contributed by atoms with Gasteiger partial charge in [-0.05, 0) is 24.3 Å². The summed E-state index contributed by atoms with van der Waals surface area (Å²) in [7, 11) is 0. The number of fused-ring (bicyclic) bond motifs is 1. The number of amides is 1. The van der Waals surface area contributed by atoms with Gasteiger partial charge in [-0.15, -0.1) is 17.9 Å². The van der Waals surface area contributed by atoms with Crippen molar-refractivity contribution in [3.8, 4) is 0 Å². The summed E-state index contributed by atoms with van der Waals surface area (Å²) < 4.78 is 1.48. The number of aromatic nitrogens is 2. The molecule has 5 nitrogen and oxygen atoms in total. The van der Waals surface area contributed by atoms with Crippen molar-refractivity contribution in [1.29, 1.82) is 0 Å². The van der Waals surface area contributed by atoms with E-state index in [1.54, 1.807) is 11.0 Å². The van der Waals surface area contributed by atoms with E-state index in [0.717, 1.165) is 10.4 Å². The van der Waals surface area contributed by atoms with E-state index in [-0.39, 0.29) is 11.5 Å². The van der Waals surface area contributed by atoms with Crippen LogP contribution in [0.3, 0.4) is 0 Å². The lowest BCUT2D eigenvalue weighted by Crippen LogP contribution is -2.33. The minimum atomic E-state index is -0.432. The van der Waals surface area contributed by atoms with E-state index in [9.17, 15) is 9.59 Å². The number of thiophene rings is 1. The van der Waals surface area contributed by atoms with Crippen LogP contribution >= 0.6 is 11.3 Å². The molecule has 2 aromatic heterocycles. The summed E-state index contributed by atoms with van der Waals surface area (Å²) in [6.45, 7) is 6.72. The molecule has 20 heavy (non-hydrogen) atoms. The first-order valence-electron chi connectivity index (χ1n) is 6.48. The van der Waals surface area contributed by atoms with Gasteiger partial charge in [-0.25, -0.2) is 4.98 Å². The fourth-order valence-electron chi connectivity index (χ4n) is 2.62. The molecule has 0 bridgehead atoms. The Bertz CT molecular complexity index is 746. The van der Waals surface area contributed by atoms with Gasteiger partial charge in [-0.3, -0.25) is 14.2 Å². The summed E-state index contributed by atoms with van der Waals surface area (Å²) in [6, 6.07) is -0.432. The van der Waals surface area contributed by atoms with Gasteiger partial charge in [-0.2, -0.15) is 0 Å². The van der Waals surface area contributed by atoms with Crippen molar-refractivity contribution in [3.05, 3.63) is 40.3 Å². The lowest BCUT2D eigenvalue weighted by atomic mass is 10.2. The Morgan fingerprint density at radius 3 is 3.10 bits per heavy atom. The molecule has 1 aliphatic heterocycles. The third-order valence-corrected chi connectivity index (χ3v) is 4.66. The summed E-state index contributed by atoms with van der Waals surface area (Å²) in [5, 5.41) is 2.55. The smallest absolute Gasteiger partial charge is 0.263 e. The third kappa shape index (κ3) is 1.87. The molecular weight excluding hydrogens is 274 g/mol. The number of carbonyl (C=O) groups excluding carboxylic acids is 1. The number of aryl methyl sites for hydroxylation is 1. The molecule has 1 saturated heterocycles. The number of carbonyl (C=O) groups is 1. The Morgan fingerprint density at radius 2 is 2.35 bits per heavy atom. The second-order valence-corrected chi connectivity index (χ2v) is 5.79. The van der Waals surface area contributed by atoms with Crippen LogP contribution in [0.25, 0.3) is 10.2 Å². The normalized spacial score (nSPS) is 18.9. The molecule has 1 amide bonds.